The Morgan fingerprint density at radius 1 is 1.29 bits per heavy atom. The molecule has 2 fully saturated rings. The number of ether oxygens (including phenoxy) is 1. The van der Waals surface area contributed by atoms with Crippen LogP contribution in [0, 0.1) is 0 Å². The zero-order chi connectivity index (χ0) is 17.3. The molecule has 0 aliphatic carbocycles. The molecular formula is C16H19F2N3O3. The van der Waals surface area contributed by atoms with E-state index in [0.717, 1.165) is 5.56 Å². The first-order valence-electron chi connectivity index (χ1n) is 7.82. The molecule has 1 unspecified atom stereocenters. The second kappa shape index (κ2) is 6.72. The highest BCUT2D eigenvalue weighted by Gasteiger charge is 2.42. The number of nitrogens with one attached hydrogen (secondary N) is 1. The number of carbonyl (C=O) groups is 2. The molecule has 6 nitrogen and oxygen atoms in total. The number of fused-ring (bicyclic) bond motifs is 1. The van der Waals surface area contributed by atoms with E-state index in [1.165, 1.54) is 12.1 Å². The molecule has 8 heteroatoms. The van der Waals surface area contributed by atoms with Crippen molar-refractivity contribution >= 4 is 11.8 Å². The predicted molar refractivity (Wildman–Crippen MR) is 81.2 cm³/mol. The Morgan fingerprint density at radius 2 is 2.00 bits per heavy atom. The Kier molecular flexibility index (Phi) is 4.66. The first-order chi connectivity index (χ1) is 11.5. The van der Waals surface area contributed by atoms with Crippen LogP contribution in [-0.4, -0.2) is 53.5 Å². The summed E-state index contributed by atoms with van der Waals surface area (Å²) in [4.78, 5) is 27.7. The topological polar surface area (TPSA) is 61.9 Å². The molecule has 2 atom stereocenters. The molecule has 2 saturated heterocycles. The Hall–Kier alpha value is -2.22. The zero-order valence-corrected chi connectivity index (χ0v) is 13.2. The van der Waals surface area contributed by atoms with Crippen molar-refractivity contribution in [2.75, 3.05) is 13.1 Å². The zero-order valence-electron chi connectivity index (χ0n) is 13.2. The molecule has 0 radical (unpaired) electrons. The Morgan fingerprint density at radius 3 is 2.67 bits per heavy atom. The van der Waals surface area contributed by atoms with Crippen LogP contribution in [0.5, 0.6) is 5.75 Å². The molecule has 3 rings (SSSR count). The summed E-state index contributed by atoms with van der Waals surface area (Å²) < 4.78 is 28.7. The molecule has 0 saturated carbocycles. The first kappa shape index (κ1) is 16.6. The summed E-state index contributed by atoms with van der Waals surface area (Å²) in [5.41, 5.74) is 0.926. The molecule has 2 heterocycles. The lowest BCUT2D eigenvalue weighted by molar-refractivity contribution is -0.159. The number of amides is 2. The molecular weight excluding hydrogens is 320 g/mol. The van der Waals surface area contributed by atoms with Crippen molar-refractivity contribution in [2.24, 2.45) is 0 Å². The Balaban J connectivity index is 1.70. The van der Waals surface area contributed by atoms with E-state index in [4.69, 9.17) is 0 Å². The van der Waals surface area contributed by atoms with E-state index >= 15 is 0 Å². The van der Waals surface area contributed by atoms with Gasteiger partial charge in [-0.15, -0.1) is 0 Å². The first-order valence-corrected chi connectivity index (χ1v) is 7.82. The summed E-state index contributed by atoms with van der Waals surface area (Å²) in [5.74, 6) is -0.0445. The summed E-state index contributed by atoms with van der Waals surface area (Å²) in [7, 11) is 0. The van der Waals surface area contributed by atoms with Crippen LogP contribution in [-0.2, 0) is 16.1 Å². The van der Waals surface area contributed by atoms with Crippen LogP contribution in [0.25, 0.3) is 0 Å². The van der Waals surface area contributed by atoms with Gasteiger partial charge < -0.3 is 15.0 Å². The van der Waals surface area contributed by atoms with E-state index in [9.17, 15) is 18.4 Å². The SMILES string of the molecule is C[C@H]1C(=O)NCC2N(Cc3ccc(OC(F)F)cc3)CCC(=O)N21. The van der Waals surface area contributed by atoms with Crippen LogP contribution in [0.3, 0.4) is 0 Å². The van der Waals surface area contributed by atoms with E-state index in [1.807, 2.05) is 0 Å². The smallest absolute Gasteiger partial charge is 0.387 e. The van der Waals surface area contributed by atoms with Crippen LogP contribution >= 0.6 is 0 Å². The van der Waals surface area contributed by atoms with Gasteiger partial charge in [0, 0.05) is 19.5 Å². The average Bonchev–Trinajstić information content (AvgIpc) is 2.54. The van der Waals surface area contributed by atoms with Crippen molar-refractivity contribution in [3.8, 4) is 5.75 Å². The van der Waals surface area contributed by atoms with Crippen LogP contribution in [0.4, 0.5) is 8.78 Å². The van der Waals surface area contributed by atoms with Gasteiger partial charge >= 0.3 is 6.61 Å². The number of hydrogen-bond donors (Lipinski definition) is 1. The minimum absolute atomic E-state index is 0.0146. The Labute approximate surface area is 138 Å². The van der Waals surface area contributed by atoms with Crippen LogP contribution < -0.4 is 10.1 Å². The molecule has 2 amide bonds. The minimum Gasteiger partial charge on any atom is -0.435 e. The molecule has 2 aliphatic heterocycles. The van der Waals surface area contributed by atoms with E-state index in [-0.39, 0.29) is 23.7 Å². The largest absolute Gasteiger partial charge is 0.435 e. The highest BCUT2D eigenvalue weighted by atomic mass is 19.3. The van der Waals surface area contributed by atoms with Gasteiger partial charge in [-0.1, -0.05) is 12.1 Å². The molecule has 0 spiro atoms. The summed E-state index contributed by atoms with van der Waals surface area (Å²) >= 11 is 0. The lowest BCUT2D eigenvalue weighted by Gasteiger charge is -2.48. The number of piperazine rings is 1. The lowest BCUT2D eigenvalue weighted by atomic mass is 10.1. The summed E-state index contributed by atoms with van der Waals surface area (Å²) in [5, 5.41) is 2.82. The number of rotatable bonds is 4. The minimum atomic E-state index is -2.84. The fourth-order valence-electron chi connectivity index (χ4n) is 3.22. The number of carbonyl (C=O) groups excluding carboxylic acids is 2. The number of benzene rings is 1. The molecule has 0 aromatic heterocycles. The van der Waals surface area contributed by atoms with Gasteiger partial charge in [-0.3, -0.25) is 14.5 Å². The standard InChI is InChI=1S/C16H19F2N3O3/c1-10-15(23)19-8-13-20(7-6-14(22)21(10)13)9-11-2-4-12(5-3-11)24-16(17)18/h2-5,10,13,16H,6-9H2,1H3,(H,19,23)/t10-,13?/m0/s1. The quantitative estimate of drug-likeness (QED) is 0.894. The summed E-state index contributed by atoms with van der Waals surface area (Å²) in [6, 6.07) is 5.96. The molecule has 1 N–H and O–H groups in total. The van der Waals surface area contributed by atoms with E-state index in [1.54, 1.807) is 24.0 Å². The third-order valence-electron chi connectivity index (χ3n) is 4.43. The lowest BCUT2D eigenvalue weighted by Crippen LogP contribution is -2.68. The monoisotopic (exact) mass is 339 g/mol. The molecule has 1 aromatic carbocycles. The highest BCUT2D eigenvalue weighted by Crippen LogP contribution is 2.24. The number of alkyl halides is 2. The van der Waals surface area contributed by atoms with Gasteiger partial charge in [-0.25, -0.2) is 0 Å². The summed E-state index contributed by atoms with van der Waals surface area (Å²) in [6.07, 6.45) is 0.177. The van der Waals surface area contributed by atoms with Crippen molar-refractivity contribution in [2.45, 2.75) is 38.7 Å². The molecule has 24 heavy (non-hydrogen) atoms. The molecule has 2 aliphatic rings. The maximum Gasteiger partial charge on any atom is 0.387 e. The normalized spacial score (nSPS) is 24.8. The maximum absolute atomic E-state index is 12.2. The molecule has 130 valence electrons. The van der Waals surface area contributed by atoms with Crippen molar-refractivity contribution in [3.05, 3.63) is 29.8 Å². The van der Waals surface area contributed by atoms with Gasteiger partial charge in [0.25, 0.3) is 0 Å². The maximum atomic E-state index is 12.2. The van der Waals surface area contributed by atoms with Gasteiger partial charge in [0.05, 0.1) is 6.54 Å². The second-order valence-electron chi connectivity index (χ2n) is 5.95. The van der Waals surface area contributed by atoms with Crippen LogP contribution in [0.15, 0.2) is 24.3 Å². The van der Waals surface area contributed by atoms with Crippen LogP contribution in [0.2, 0.25) is 0 Å². The van der Waals surface area contributed by atoms with E-state index in [0.29, 0.717) is 26.1 Å². The molecule has 1 aromatic rings. The summed E-state index contributed by atoms with van der Waals surface area (Å²) in [6.45, 7) is 0.426. The fraction of sp³-hybridized carbons (Fsp3) is 0.500. The van der Waals surface area contributed by atoms with E-state index in [2.05, 4.69) is 15.0 Å². The number of halogens is 2. The Bertz CT molecular complexity index is 623. The van der Waals surface area contributed by atoms with Crippen molar-refractivity contribution in [1.82, 2.24) is 15.1 Å². The van der Waals surface area contributed by atoms with Crippen molar-refractivity contribution in [3.63, 3.8) is 0 Å². The van der Waals surface area contributed by atoms with Gasteiger partial charge in [-0.2, -0.15) is 8.78 Å². The van der Waals surface area contributed by atoms with Crippen LogP contribution in [0.1, 0.15) is 18.9 Å². The second-order valence-corrected chi connectivity index (χ2v) is 5.95. The van der Waals surface area contributed by atoms with Crippen molar-refractivity contribution < 1.29 is 23.1 Å². The highest BCUT2D eigenvalue weighted by molar-refractivity contribution is 5.89. The third kappa shape index (κ3) is 3.33. The number of nitrogens with zero attached hydrogens (tertiary/aromatic N) is 2. The van der Waals surface area contributed by atoms with E-state index < -0.39 is 12.7 Å². The third-order valence-corrected chi connectivity index (χ3v) is 4.43. The van der Waals surface area contributed by atoms with Gasteiger partial charge in [-0.05, 0) is 24.6 Å². The van der Waals surface area contributed by atoms with Gasteiger partial charge in [0.2, 0.25) is 11.8 Å². The van der Waals surface area contributed by atoms with Gasteiger partial charge in [0.1, 0.15) is 18.0 Å². The fourth-order valence-corrected chi connectivity index (χ4v) is 3.22. The van der Waals surface area contributed by atoms with Crippen molar-refractivity contribution in [1.29, 1.82) is 0 Å². The average molecular weight is 339 g/mol. The number of hydrogen-bond acceptors (Lipinski definition) is 4. The predicted octanol–water partition coefficient (Wildman–Crippen LogP) is 1.17. The molecule has 0 bridgehead atoms. The van der Waals surface area contributed by atoms with Gasteiger partial charge in [0.15, 0.2) is 0 Å².